The molecule has 1 fully saturated rings. The Kier molecular flexibility index (Phi) is 5.77. The Morgan fingerprint density at radius 1 is 1.38 bits per heavy atom. The van der Waals surface area contributed by atoms with Crippen LogP contribution in [0.1, 0.15) is 30.6 Å². The fourth-order valence-corrected chi connectivity index (χ4v) is 2.54. The summed E-state index contributed by atoms with van der Waals surface area (Å²) in [5.74, 6) is -1.53. The molecule has 0 bridgehead atoms. The third-order valence-electron chi connectivity index (χ3n) is 4.29. The minimum atomic E-state index is -1.15. The third-order valence-corrected chi connectivity index (χ3v) is 4.29. The Labute approximate surface area is 140 Å². The van der Waals surface area contributed by atoms with Crippen molar-refractivity contribution in [3.8, 4) is 0 Å². The summed E-state index contributed by atoms with van der Waals surface area (Å²) in [6.45, 7) is 5.66. The molecule has 6 nitrogen and oxygen atoms in total. The molecule has 1 saturated heterocycles. The first-order chi connectivity index (χ1) is 11.4. The fraction of sp³-hybridized carbons (Fsp3) is 0.529. The Morgan fingerprint density at radius 3 is 2.58 bits per heavy atom. The lowest BCUT2D eigenvalue weighted by Gasteiger charge is -2.29. The smallest absolute Gasteiger partial charge is 0.331 e. The first-order valence-electron chi connectivity index (χ1n) is 7.94. The van der Waals surface area contributed by atoms with E-state index in [4.69, 9.17) is 9.47 Å². The highest BCUT2D eigenvalue weighted by atomic mass is 19.1. The van der Waals surface area contributed by atoms with Crippen molar-refractivity contribution in [1.82, 2.24) is 5.32 Å². The molecule has 24 heavy (non-hydrogen) atoms. The van der Waals surface area contributed by atoms with Crippen molar-refractivity contribution >= 4 is 17.6 Å². The average molecular weight is 338 g/mol. The van der Waals surface area contributed by atoms with Crippen molar-refractivity contribution in [2.75, 3.05) is 38.3 Å². The van der Waals surface area contributed by atoms with Gasteiger partial charge in [-0.25, -0.2) is 9.18 Å². The number of morpholine rings is 1. The van der Waals surface area contributed by atoms with Gasteiger partial charge in [0, 0.05) is 18.7 Å². The van der Waals surface area contributed by atoms with Gasteiger partial charge in [-0.1, -0.05) is 6.92 Å². The summed E-state index contributed by atoms with van der Waals surface area (Å²) in [5, 5.41) is 2.62. The number of methoxy groups -OCH3 is 1. The Bertz CT molecular complexity index is 617. The second kappa shape index (κ2) is 7.61. The average Bonchev–Trinajstić information content (AvgIpc) is 2.61. The summed E-state index contributed by atoms with van der Waals surface area (Å²) >= 11 is 0. The van der Waals surface area contributed by atoms with Crippen LogP contribution in [-0.4, -0.2) is 50.8 Å². The molecule has 0 aromatic heterocycles. The molecule has 0 spiro atoms. The standard InChI is InChI=1S/C17H23FN2O4/c1-4-17(2,16(22)23-3)19-15(21)12-5-6-14(13(18)11-12)20-7-9-24-10-8-20/h5-6,11H,4,7-10H2,1-3H3,(H,19,21). The summed E-state index contributed by atoms with van der Waals surface area (Å²) in [5.41, 5.74) is -0.542. The van der Waals surface area contributed by atoms with Crippen molar-refractivity contribution < 1.29 is 23.5 Å². The number of anilines is 1. The van der Waals surface area contributed by atoms with E-state index in [1.165, 1.54) is 13.2 Å². The van der Waals surface area contributed by atoms with Crippen LogP contribution < -0.4 is 10.2 Å². The lowest BCUT2D eigenvalue weighted by atomic mass is 9.98. The molecule has 2 rings (SSSR count). The van der Waals surface area contributed by atoms with Crippen LogP contribution in [-0.2, 0) is 14.3 Å². The predicted octanol–water partition coefficient (Wildman–Crippen LogP) is 1.73. The summed E-state index contributed by atoms with van der Waals surface area (Å²) in [6, 6.07) is 4.32. The maximum absolute atomic E-state index is 14.4. The fourth-order valence-electron chi connectivity index (χ4n) is 2.54. The van der Waals surface area contributed by atoms with E-state index in [1.807, 2.05) is 4.90 Å². The van der Waals surface area contributed by atoms with E-state index in [2.05, 4.69) is 5.32 Å². The number of hydrogen-bond donors (Lipinski definition) is 1. The monoisotopic (exact) mass is 338 g/mol. The second-order valence-electron chi connectivity index (χ2n) is 5.90. The van der Waals surface area contributed by atoms with E-state index in [0.717, 1.165) is 0 Å². The zero-order valence-corrected chi connectivity index (χ0v) is 14.2. The molecule has 1 unspecified atom stereocenters. The predicted molar refractivity (Wildman–Crippen MR) is 87.6 cm³/mol. The maximum atomic E-state index is 14.4. The highest BCUT2D eigenvalue weighted by Crippen LogP contribution is 2.22. The van der Waals surface area contributed by atoms with Gasteiger partial charge in [-0.2, -0.15) is 0 Å². The lowest BCUT2D eigenvalue weighted by Crippen LogP contribution is -2.52. The minimum absolute atomic E-state index is 0.160. The molecule has 1 amide bonds. The second-order valence-corrected chi connectivity index (χ2v) is 5.90. The lowest BCUT2D eigenvalue weighted by molar-refractivity contribution is -0.147. The van der Waals surface area contributed by atoms with Gasteiger partial charge in [-0.3, -0.25) is 4.79 Å². The van der Waals surface area contributed by atoms with Crippen molar-refractivity contribution in [1.29, 1.82) is 0 Å². The van der Waals surface area contributed by atoms with Gasteiger partial charge in [0.15, 0.2) is 0 Å². The molecule has 0 saturated carbocycles. The van der Waals surface area contributed by atoms with Crippen LogP contribution in [0.25, 0.3) is 0 Å². The number of benzene rings is 1. The van der Waals surface area contributed by atoms with Gasteiger partial charge < -0.3 is 19.7 Å². The Hall–Kier alpha value is -2.15. The van der Waals surface area contributed by atoms with Crippen LogP contribution in [0.4, 0.5) is 10.1 Å². The first kappa shape index (κ1) is 18.2. The quantitative estimate of drug-likeness (QED) is 0.828. The summed E-state index contributed by atoms with van der Waals surface area (Å²) in [6.07, 6.45) is 0.361. The number of amides is 1. The summed E-state index contributed by atoms with van der Waals surface area (Å²) in [7, 11) is 1.26. The topological polar surface area (TPSA) is 67.9 Å². The van der Waals surface area contributed by atoms with E-state index >= 15 is 0 Å². The Morgan fingerprint density at radius 2 is 2.04 bits per heavy atom. The molecule has 1 N–H and O–H groups in total. The highest BCUT2D eigenvalue weighted by Gasteiger charge is 2.34. The van der Waals surface area contributed by atoms with E-state index in [-0.39, 0.29) is 5.56 Å². The molecule has 1 atom stereocenters. The van der Waals surface area contributed by atoms with Crippen LogP contribution in [0.5, 0.6) is 0 Å². The number of esters is 1. The molecule has 0 radical (unpaired) electrons. The van der Waals surface area contributed by atoms with Crippen molar-refractivity contribution in [3.05, 3.63) is 29.6 Å². The van der Waals surface area contributed by atoms with Gasteiger partial charge in [0.05, 0.1) is 26.0 Å². The number of nitrogens with one attached hydrogen (secondary N) is 1. The zero-order chi connectivity index (χ0) is 17.7. The number of hydrogen-bond acceptors (Lipinski definition) is 5. The first-order valence-corrected chi connectivity index (χ1v) is 7.94. The van der Waals surface area contributed by atoms with Crippen LogP contribution in [0.15, 0.2) is 18.2 Å². The zero-order valence-electron chi connectivity index (χ0n) is 14.2. The summed E-state index contributed by atoms with van der Waals surface area (Å²) < 4.78 is 24.4. The van der Waals surface area contributed by atoms with E-state index in [9.17, 15) is 14.0 Å². The van der Waals surface area contributed by atoms with E-state index < -0.39 is 23.2 Å². The molecule has 1 aliphatic heterocycles. The molecule has 1 aromatic rings. The van der Waals surface area contributed by atoms with Crippen LogP contribution in [0.3, 0.4) is 0 Å². The van der Waals surface area contributed by atoms with Gasteiger partial charge in [-0.15, -0.1) is 0 Å². The normalized spacial score (nSPS) is 17.1. The van der Waals surface area contributed by atoms with Gasteiger partial charge in [0.1, 0.15) is 11.4 Å². The van der Waals surface area contributed by atoms with Gasteiger partial charge in [-0.05, 0) is 31.5 Å². The van der Waals surface area contributed by atoms with Gasteiger partial charge in [0.25, 0.3) is 5.91 Å². The molecule has 0 aliphatic carbocycles. The largest absolute Gasteiger partial charge is 0.467 e. The van der Waals surface area contributed by atoms with Crippen LogP contribution >= 0.6 is 0 Å². The highest BCUT2D eigenvalue weighted by molar-refractivity contribution is 5.98. The molecule has 1 heterocycles. The molecule has 132 valence electrons. The van der Waals surface area contributed by atoms with Crippen molar-refractivity contribution in [3.63, 3.8) is 0 Å². The van der Waals surface area contributed by atoms with Crippen LogP contribution in [0, 0.1) is 5.82 Å². The number of carbonyl (C=O) groups excluding carboxylic acids is 2. The minimum Gasteiger partial charge on any atom is -0.467 e. The number of ether oxygens (including phenoxy) is 2. The number of halogens is 1. The SMILES string of the molecule is CCC(C)(NC(=O)c1ccc(N2CCOCC2)c(F)c1)C(=O)OC. The van der Waals surface area contributed by atoms with Crippen molar-refractivity contribution in [2.45, 2.75) is 25.8 Å². The third kappa shape index (κ3) is 3.84. The van der Waals surface area contributed by atoms with E-state index in [1.54, 1.807) is 26.0 Å². The number of nitrogens with zero attached hydrogens (tertiary/aromatic N) is 1. The Balaban J connectivity index is 2.15. The van der Waals surface area contributed by atoms with Crippen LogP contribution in [0.2, 0.25) is 0 Å². The summed E-state index contributed by atoms with van der Waals surface area (Å²) in [4.78, 5) is 26.1. The molecule has 7 heteroatoms. The molecular formula is C17H23FN2O4. The van der Waals surface area contributed by atoms with Crippen molar-refractivity contribution in [2.24, 2.45) is 0 Å². The molecule has 1 aromatic carbocycles. The molecule has 1 aliphatic rings. The van der Waals surface area contributed by atoms with Gasteiger partial charge >= 0.3 is 5.97 Å². The number of carbonyl (C=O) groups is 2. The maximum Gasteiger partial charge on any atom is 0.331 e. The van der Waals surface area contributed by atoms with Gasteiger partial charge in [0.2, 0.25) is 0 Å². The number of rotatable bonds is 5. The van der Waals surface area contributed by atoms with E-state index in [0.29, 0.717) is 38.4 Å². The molecular weight excluding hydrogens is 315 g/mol.